The molecule has 0 atom stereocenters. The fourth-order valence-electron chi connectivity index (χ4n) is 2.63. The largest absolute Gasteiger partial charge is 0.390 e. The van der Waals surface area contributed by atoms with Gasteiger partial charge in [0.05, 0.1) is 23.4 Å². The van der Waals surface area contributed by atoms with E-state index in [1.54, 1.807) is 27.1 Å². The Morgan fingerprint density at radius 3 is 2.72 bits per heavy atom. The highest BCUT2D eigenvalue weighted by Gasteiger charge is 2.15. The summed E-state index contributed by atoms with van der Waals surface area (Å²) in [5, 5.41) is 16.3. The summed E-state index contributed by atoms with van der Waals surface area (Å²) in [6, 6.07) is 7.85. The Bertz CT molecular complexity index is 838. The Labute approximate surface area is 147 Å². The van der Waals surface area contributed by atoms with Crippen molar-refractivity contribution in [3.05, 3.63) is 42.4 Å². The number of nitrogens with zero attached hydrogens (tertiary/aromatic N) is 4. The Morgan fingerprint density at radius 2 is 2.04 bits per heavy atom. The third-order valence-electron chi connectivity index (χ3n) is 3.92. The van der Waals surface area contributed by atoms with Crippen LogP contribution in [-0.4, -0.2) is 43.8 Å². The molecule has 0 aliphatic heterocycles. The number of nitrogens with one attached hydrogen (secondary N) is 2. The minimum Gasteiger partial charge on any atom is -0.390 e. The molecule has 7 nitrogen and oxygen atoms in total. The van der Waals surface area contributed by atoms with E-state index < -0.39 is 5.60 Å². The van der Waals surface area contributed by atoms with Crippen LogP contribution in [0.1, 0.15) is 26.0 Å². The lowest BCUT2D eigenvalue weighted by Crippen LogP contribution is -2.23. The smallest absolute Gasteiger partial charge is 0.225 e. The molecule has 0 saturated heterocycles. The molecule has 0 bridgehead atoms. The number of aromatic nitrogens is 4. The van der Waals surface area contributed by atoms with Crippen molar-refractivity contribution < 1.29 is 5.11 Å². The van der Waals surface area contributed by atoms with Crippen molar-refractivity contribution in [3.8, 4) is 0 Å². The normalized spacial score (nSPS) is 11.7. The summed E-state index contributed by atoms with van der Waals surface area (Å²) in [7, 11) is 1.80. The highest BCUT2D eigenvalue weighted by Crippen LogP contribution is 2.24. The van der Waals surface area contributed by atoms with Crippen molar-refractivity contribution in [3.63, 3.8) is 0 Å². The first-order chi connectivity index (χ1) is 12.0. The summed E-state index contributed by atoms with van der Waals surface area (Å²) < 4.78 is 2.09. The molecule has 7 heteroatoms. The summed E-state index contributed by atoms with van der Waals surface area (Å²) >= 11 is 0. The van der Waals surface area contributed by atoms with Gasteiger partial charge in [-0.05, 0) is 38.5 Å². The maximum absolute atomic E-state index is 9.92. The molecule has 0 radical (unpaired) electrons. The first-order valence-corrected chi connectivity index (χ1v) is 8.37. The summed E-state index contributed by atoms with van der Waals surface area (Å²) in [4.78, 5) is 13.5. The average molecular weight is 340 g/mol. The van der Waals surface area contributed by atoms with Crippen molar-refractivity contribution in [1.29, 1.82) is 0 Å². The van der Waals surface area contributed by atoms with Crippen LogP contribution in [0.4, 0.5) is 11.8 Å². The molecule has 0 aromatic carbocycles. The minimum absolute atomic E-state index is 0.564. The van der Waals surface area contributed by atoms with Gasteiger partial charge < -0.3 is 20.3 Å². The van der Waals surface area contributed by atoms with Crippen LogP contribution >= 0.6 is 0 Å². The van der Waals surface area contributed by atoms with E-state index in [0.29, 0.717) is 25.5 Å². The fourth-order valence-corrected chi connectivity index (χ4v) is 2.63. The molecule has 0 saturated carbocycles. The molecule has 0 aliphatic carbocycles. The molecule has 3 rings (SSSR count). The summed E-state index contributed by atoms with van der Waals surface area (Å²) in [6.45, 7) is 4.86. The Kier molecular flexibility index (Phi) is 4.85. The number of hydrogen-bond donors (Lipinski definition) is 3. The van der Waals surface area contributed by atoms with Crippen LogP contribution in [-0.2, 0) is 6.54 Å². The molecule has 3 aromatic rings. The topological polar surface area (TPSA) is 87.9 Å². The average Bonchev–Trinajstić information content (AvgIpc) is 2.97. The van der Waals surface area contributed by atoms with E-state index in [9.17, 15) is 5.11 Å². The predicted molar refractivity (Wildman–Crippen MR) is 99.8 cm³/mol. The maximum atomic E-state index is 9.92. The molecular weight excluding hydrogens is 316 g/mol. The molecule has 3 N–H and O–H groups in total. The molecule has 0 amide bonds. The van der Waals surface area contributed by atoms with Gasteiger partial charge in [0.1, 0.15) is 5.52 Å². The van der Waals surface area contributed by atoms with E-state index >= 15 is 0 Å². The Hall–Kier alpha value is -2.67. The third-order valence-corrected chi connectivity index (χ3v) is 3.92. The van der Waals surface area contributed by atoms with Crippen LogP contribution in [0.5, 0.6) is 0 Å². The Morgan fingerprint density at radius 1 is 1.20 bits per heavy atom. The highest BCUT2D eigenvalue weighted by molar-refractivity contribution is 5.87. The molecule has 25 heavy (non-hydrogen) atoms. The fraction of sp³-hybridized carbons (Fsp3) is 0.389. The third kappa shape index (κ3) is 4.24. The summed E-state index contributed by atoms with van der Waals surface area (Å²) in [5.74, 6) is 1.31. The van der Waals surface area contributed by atoms with Crippen LogP contribution in [0.25, 0.3) is 11.0 Å². The van der Waals surface area contributed by atoms with Gasteiger partial charge in [-0.15, -0.1) is 0 Å². The van der Waals surface area contributed by atoms with Crippen molar-refractivity contribution in [2.45, 2.75) is 32.4 Å². The van der Waals surface area contributed by atoms with Gasteiger partial charge >= 0.3 is 0 Å². The van der Waals surface area contributed by atoms with Gasteiger partial charge in [-0.3, -0.25) is 4.98 Å². The van der Waals surface area contributed by atoms with E-state index in [1.807, 2.05) is 30.5 Å². The molecule has 132 valence electrons. The quantitative estimate of drug-likeness (QED) is 0.612. The van der Waals surface area contributed by atoms with Crippen LogP contribution < -0.4 is 10.6 Å². The summed E-state index contributed by atoms with van der Waals surface area (Å²) in [5.41, 5.74) is 2.04. The molecule has 0 unspecified atom stereocenters. The summed E-state index contributed by atoms with van der Waals surface area (Å²) in [6.07, 6.45) is 4.40. The van der Waals surface area contributed by atoms with Crippen molar-refractivity contribution in [2.75, 3.05) is 24.2 Å². The highest BCUT2D eigenvalue weighted by atomic mass is 16.3. The van der Waals surface area contributed by atoms with Crippen LogP contribution in [0.2, 0.25) is 0 Å². The van der Waals surface area contributed by atoms with E-state index in [1.165, 1.54) is 0 Å². The second-order valence-electron chi connectivity index (χ2n) is 6.63. The number of rotatable bonds is 7. The molecule has 0 spiro atoms. The van der Waals surface area contributed by atoms with Gasteiger partial charge in [0, 0.05) is 26.0 Å². The second kappa shape index (κ2) is 7.06. The zero-order valence-corrected chi connectivity index (χ0v) is 14.8. The van der Waals surface area contributed by atoms with E-state index in [-0.39, 0.29) is 0 Å². The SMILES string of the molecule is CNc1nc(NCCC(C)(C)O)c2c(ccn2Cc2ccccn2)n1. The van der Waals surface area contributed by atoms with Crippen molar-refractivity contribution in [1.82, 2.24) is 19.5 Å². The molecular formula is C18H24N6O. The van der Waals surface area contributed by atoms with Crippen LogP contribution in [0.3, 0.4) is 0 Å². The lowest BCUT2D eigenvalue weighted by atomic mass is 10.1. The van der Waals surface area contributed by atoms with E-state index in [2.05, 4.69) is 30.2 Å². The number of anilines is 2. The van der Waals surface area contributed by atoms with Crippen molar-refractivity contribution in [2.24, 2.45) is 0 Å². The van der Waals surface area contributed by atoms with Gasteiger partial charge in [0.25, 0.3) is 0 Å². The number of fused-ring (bicyclic) bond motifs is 1. The molecule has 0 fully saturated rings. The zero-order chi connectivity index (χ0) is 17.9. The Balaban J connectivity index is 1.93. The van der Waals surface area contributed by atoms with Gasteiger partial charge in [0.2, 0.25) is 5.95 Å². The van der Waals surface area contributed by atoms with Crippen LogP contribution in [0.15, 0.2) is 36.7 Å². The van der Waals surface area contributed by atoms with Crippen molar-refractivity contribution >= 4 is 22.8 Å². The van der Waals surface area contributed by atoms with Crippen LogP contribution in [0, 0.1) is 0 Å². The lowest BCUT2D eigenvalue weighted by molar-refractivity contribution is 0.0748. The standard InChI is InChI=1S/C18H24N6O/c1-18(2,25)8-10-21-16-15-14(22-17(19-3)23-16)7-11-24(15)12-13-6-4-5-9-20-13/h4-7,9,11,25H,8,10,12H2,1-3H3,(H2,19,21,22,23). The second-order valence-corrected chi connectivity index (χ2v) is 6.63. The number of pyridine rings is 1. The number of aliphatic hydroxyl groups is 1. The molecule has 0 aliphatic rings. The molecule has 3 aromatic heterocycles. The minimum atomic E-state index is -0.721. The monoisotopic (exact) mass is 340 g/mol. The first kappa shape index (κ1) is 17.2. The van der Waals surface area contributed by atoms with Gasteiger partial charge in [-0.2, -0.15) is 4.98 Å². The predicted octanol–water partition coefficient (Wildman–Crippen LogP) is 2.49. The maximum Gasteiger partial charge on any atom is 0.225 e. The zero-order valence-electron chi connectivity index (χ0n) is 14.8. The van der Waals surface area contributed by atoms with Gasteiger partial charge in [-0.25, -0.2) is 4.98 Å². The lowest BCUT2D eigenvalue weighted by Gasteiger charge is -2.18. The van der Waals surface area contributed by atoms with Gasteiger partial charge in [0.15, 0.2) is 5.82 Å². The molecule has 3 heterocycles. The van der Waals surface area contributed by atoms with Gasteiger partial charge in [-0.1, -0.05) is 6.07 Å². The van der Waals surface area contributed by atoms with E-state index in [0.717, 1.165) is 22.5 Å². The number of hydrogen-bond acceptors (Lipinski definition) is 6. The van der Waals surface area contributed by atoms with E-state index in [4.69, 9.17) is 0 Å². The first-order valence-electron chi connectivity index (χ1n) is 8.37.